The van der Waals surface area contributed by atoms with Crippen molar-refractivity contribution in [3.05, 3.63) is 0 Å². The molecular weight excluding hydrogens is 256 g/mol. The molecule has 0 bridgehead atoms. The summed E-state index contributed by atoms with van der Waals surface area (Å²) in [5, 5.41) is 21.1. The highest BCUT2D eigenvalue weighted by atomic mass is 16.6. The minimum absolute atomic E-state index is 0.0481. The molecule has 1 amide bonds. The molecule has 0 saturated carbocycles. The van der Waals surface area contributed by atoms with Crippen LogP contribution < -0.4 is 5.32 Å². The summed E-state index contributed by atoms with van der Waals surface area (Å²) in [5.41, 5.74) is -3.16. The lowest BCUT2D eigenvalue weighted by molar-refractivity contribution is -0.168. The maximum absolute atomic E-state index is 12.0. The maximum atomic E-state index is 12.0. The SMILES string of the molecule is CC(C)(C)OC(=O)N1CCNCC1(C(=O)O)C(=O)O. The zero-order chi connectivity index (χ0) is 14.8. The van der Waals surface area contributed by atoms with Crippen LogP contribution in [0.4, 0.5) is 4.79 Å². The van der Waals surface area contributed by atoms with E-state index in [4.69, 9.17) is 4.74 Å². The Morgan fingerprint density at radius 3 is 2.16 bits per heavy atom. The smallest absolute Gasteiger partial charge is 0.411 e. The molecule has 1 aliphatic heterocycles. The standard InChI is InChI=1S/C11H18N2O6/c1-10(2,3)19-9(18)13-5-4-12-6-11(13,7(14)15)8(16)17/h12H,4-6H2,1-3H3,(H,14,15)(H,16,17). The van der Waals surface area contributed by atoms with Crippen LogP contribution in [0.1, 0.15) is 20.8 Å². The van der Waals surface area contributed by atoms with Gasteiger partial charge < -0.3 is 20.3 Å². The van der Waals surface area contributed by atoms with Crippen LogP contribution in [0.25, 0.3) is 0 Å². The molecule has 0 atom stereocenters. The third kappa shape index (κ3) is 2.95. The number of aliphatic carboxylic acids is 2. The van der Waals surface area contributed by atoms with E-state index >= 15 is 0 Å². The van der Waals surface area contributed by atoms with Crippen molar-refractivity contribution < 1.29 is 29.3 Å². The van der Waals surface area contributed by atoms with Gasteiger partial charge in [-0.3, -0.25) is 4.90 Å². The van der Waals surface area contributed by atoms with Gasteiger partial charge in [-0.15, -0.1) is 0 Å². The topological polar surface area (TPSA) is 116 Å². The van der Waals surface area contributed by atoms with Gasteiger partial charge in [0.05, 0.1) is 0 Å². The van der Waals surface area contributed by atoms with Crippen LogP contribution >= 0.6 is 0 Å². The third-order valence-corrected chi connectivity index (χ3v) is 2.68. The minimum atomic E-state index is -2.33. The number of carbonyl (C=O) groups is 3. The predicted molar refractivity (Wildman–Crippen MR) is 63.8 cm³/mol. The van der Waals surface area contributed by atoms with Gasteiger partial charge in [-0.25, -0.2) is 14.4 Å². The number of hydrogen-bond acceptors (Lipinski definition) is 5. The number of nitrogens with zero attached hydrogens (tertiary/aromatic N) is 1. The van der Waals surface area contributed by atoms with Gasteiger partial charge in [-0.1, -0.05) is 0 Å². The molecule has 19 heavy (non-hydrogen) atoms. The van der Waals surface area contributed by atoms with E-state index in [0.29, 0.717) is 6.54 Å². The van der Waals surface area contributed by atoms with E-state index in [1.54, 1.807) is 20.8 Å². The minimum Gasteiger partial charge on any atom is -0.479 e. The van der Waals surface area contributed by atoms with Crippen molar-refractivity contribution in [2.24, 2.45) is 0 Å². The van der Waals surface area contributed by atoms with Crippen LogP contribution in [0.3, 0.4) is 0 Å². The van der Waals surface area contributed by atoms with Gasteiger partial charge in [0.25, 0.3) is 5.54 Å². The second kappa shape index (κ2) is 5.04. The van der Waals surface area contributed by atoms with Crippen molar-refractivity contribution >= 4 is 18.0 Å². The first-order chi connectivity index (χ1) is 8.61. The largest absolute Gasteiger partial charge is 0.479 e. The number of rotatable bonds is 2. The Hall–Kier alpha value is -1.83. The summed E-state index contributed by atoms with van der Waals surface area (Å²) in [7, 11) is 0. The monoisotopic (exact) mass is 274 g/mol. The van der Waals surface area contributed by atoms with E-state index in [1.807, 2.05) is 0 Å². The van der Waals surface area contributed by atoms with Gasteiger partial charge in [0.1, 0.15) is 5.60 Å². The summed E-state index contributed by atoms with van der Waals surface area (Å²) in [6, 6.07) is 0. The van der Waals surface area contributed by atoms with Crippen LogP contribution in [0.2, 0.25) is 0 Å². The van der Waals surface area contributed by atoms with Crippen molar-refractivity contribution in [2.45, 2.75) is 31.9 Å². The second-order valence-electron chi connectivity index (χ2n) is 5.28. The van der Waals surface area contributed by atoms with Gasteiger partial charge in [-0.2, -0.15) is 0 Å². The van der Waals surface area contributed by atoms with E-state index in [9.17, 15) is 24.6 Å². The first-order valence-corrected chi connectivity index (χ1v) is 5.79. The molecule has 8 nitrogen and oxygen atoms in total. The van der Waals surface area contributed by atoms with Gasteiger partial charge in [0, 0.05) is 19.6 Å². The van der Waals surface area contributed by atoms with Gasteiger partial charge in [0.2, 0.25) is 0 Å². The molecule has 0 spiro atoms. The normalized spacial score (nSPS) is 18.8. The Balaban J connectivity index is 3.10. The van der Waals surface area contributed by atoms with Crippen molar-refractivity contribution in [3.8, 4) is 0 Å². The molecule has 1 aliphatic rings. The fraction of sp³-hybridized carbons (Fsp3) is 0.727. The second-order valence-corrected chi connectivity index (χ2v) is 5.28. The van der Waals surface area contributed by atoms with Crippen molar-refractivity contribution in [1.29, 1.82) is 0 Å². The molecule has 3 N–H and O–H groups in total. The third-order valence-electron chi connectivity index (χ3n) is 2.68. The number of carbonyl (C=O) groups excluding carboxylic acids is 1. The molecule has 8 heteroatoms. The fourth-order valence-electron chi connectivity index (χ4n) is 1.78. The molecule has 0 aromatic rings. The quantitative estimate of drug-likeness (QED) is 0.594. The number of hydrogen-bond donors (Lipinski definition) is 3. The first kappa shape index (κ1) is 15.2. The predicted octanol–water partition coefficient (Wildman–Crippen LogP) is -0.265. The number of amides is 1. The lowest BCUT2D eigenvalue weighted by atomic mass is 9.95. The first-order valence-electron chi connectivity index (χ1n) is 5.79. The molecule has 108 valence electrons. The number of carboxylic acids is 2. The van der Waals surface area contributed by atoms with Crippen LogP contribution in [0.5, 0.6) is 0 Å². The van der Waals surface area contributed by atoms with Crippen molar-refractivity contribution in [1.82, 2.24) is 10.2 Å². The molecule has 0 aliphatic carbocycles. The van der Waals surface area contributed by atoms with E-state index in [-0.39, 0.29) is 13.1 Å². The molecular formula is C11H18N2O6. The Bertz CT molecular complexity index is 386. The summed E-state index contributed by atoms with van der Waals surface area (Å²) in [6.07, 6.45) is -0.946. The zero-order valence-electron chi connectivity index (χ0n) is 11.1. The Morgan fingerprint density at radius 2 is 1.74 bits per heavy atom. The summed E-state index contributed by atoms with van der Waals surface area (Å²) >= 11 is 0. The van der Waals surface area contributed by atoms with E-state index in [0.717, 1.165) is 4.90 Å². The van der Waals surface area contributed by atoms with Crippen molar-refractivity contribution in [2.75, 3.05) is 19.6 Å². The van der Waals surface area contributed by atoms with Crippen LogP contribution in [-0.2, 0) is 14.3 Å². The average molecular weight is 274 g/mol. The Kier molecular flexibility index (Phi) is 4.04. The highest BCUT2D eigenvalue weighted by Gasteiger charge is 2.56. The number of carboxylic acid groups (broad SMARTS) is 2. The number of piperazine rings is 1. The number of ether oxygens (including phenoxy) is 1. The highest BCUT2D eigenvalue weighted by Crippen LogP contribution is 2.22. The maximum Gasteiger partial charge on any atom is 0.411 e. The molecule has 1 saturated heterocycles. The molecule has 1 rings (SSSR count). The summed E-state index contributed by atoms with van der Waals surface area (Å²) < 4.78 is 5.07. The summed E-state index contributed by atoms with van der Waals surface area (Å²) in [6.45, 7) is 4.76. The summed E-state index contributed by atoms with van der Waals surface area (Å²) in [4.78, 5) is 35.4. The molecule has 0 radical (unpaired) electrons. The summed E-state index contributed by atoms with van der Waals surface area (Å²) in [5.74, 6) is -3.20. The highest BCUT2D eigenvalue weighted by molar-refractivity contribution is 6.06. The fourth-order valence-corrected chi connectivity index (χ4v) is 1.78. The average Bonchev–Trinajstić information content (AvgIpc) is 2.25. The van der Waals surface area contributed by atoms with Crippen LogP contribution in [-0.4, -0.2) is 63.9 Å². The zero-order valence-corrected chi connectivity index (χ0v) is 11.1. The van der Waals surface area contributed by atoms with Crippen LogP contribution in [0.15, 0.2) is 0 Å². The Labute approximate surface area is 110 Å². The molecule has 0 aromatic heterocycles. The van der Waals surface area contributed by atoms with E-state index < -0.39 is 29.2 Å². The molecule has 0 aromatic carbocycles. The Morgan fingerprint density at radius 1 is 1.21 bits per heavy atom. The molecule has 1 heterocycles. The molecule has 0 unspecified atom stereocenters. The van der Waals surface area contributed by atoms with Crippen LogP contribution in [0, 0.1) is 0 Å². The lowest BCUT2D eigenvalue weighted by Gasteiger charge is -2.41. The lowest BCUT2D eigenvalue weighted by Crippen LogP contribution is -2.71. The van der Waals surface area contributed by atoms with E-state index in [2.05, 4.69) is 5.32 Å². The van der Waals surface area contributed by atoms with Gasteiger partial charge in [0.15, 0.2) is 0 Å². The van der Waals surface area contributed by atoms with E-state index in [1.165, 1.54) is 0 Å². The molecule has 1 fully saturated rings. The number of nitrogens with one attached hydrogen (secondary N) is 1. The van der Waals surface area contributed by atoms with Crippen molar-refractivity contribution in [3.63, 3.8) is 0 Å². The van der Waals surface area contributed by atoms with Gasteiger partial charge >= 0.3 is 18.0 Å². The van der Waals surface area contributed by atoms with Gasteiger partial charge in [-0.05, 0) is 20.8 Å².